The first-order chi connectivity index (χ1) is 14.0. The highest BCUT2D eigenvalue weighted by Gasteiger charge is 2.09. The van der Waals surface area contributed by atoms with Gasteiger partial charge in [0.2, 0.25) is 5.91 Å². The minimum atomic E-state index is -0.312. The van der Waals surface area contributed by atoms with Crippen molar-refractivity contribution in [2.24, 2.45) is 0 Å². The van der Waals surface area contributed by atoms with Crippen molar-refractivity contribution in [2.75, 3.05) is 10.6 Å². The molecule has 0 aliphatic rings. The number of thiazole rings is 1. The Bertz CT molecular complexity index is 997. The van der Waals surface area contributed by atoms with E-state index >= 15 is 0 Å². The minimum absolute atomic E-state index is 0.170. The lowest BCUT2D eigenvalue weighted by atomic mass is 10.1. The maximum absolute atomic E-state index is 12.1. The van der Waals surface area contributed by atoms with Gasteiger partial charge < -0.3 is 16.0 Å². The summed E-state index contributed by atoms with van der Waals surface area (Å²) in [6.07, 6.45) is 3.18. The summed E-state index contributed by atoms with van der Waals surface area (Å²) >= 11 is 1.54. The number of hydrogen-bond acceptors (Lipinski definition) is 4. The van der Waals surface area contributed by atoms with Gasteiger partial charge in [-0.1, -0.05) is 30.3 Å². The summed E-state index contributed by atoms with van der Waals surface area (Å²) in [7, 11) is 0. The number of aryl methyl sites for hydroxylation is 1. The normalized spacial score (nSPS) is 11.8. The fourth-order valence-corrected chi connectivity index (χ4v) is 3.21. The Hall–Kier alpha value is -3.45. The molecule has 0 aliphatic heterocycles. The van der Waals surface area contributed by atoms with E-state index in [4.69, 9.17) is 0 Å². The van der Waals surface area contributed by atoms with Gasteiger partial charge in [-0.25, -0.2) is 9.78 Å². The van der Waals surface area contributed by atoms with Crippen LogP contribution in [-0.4, -0.2) is 16.9 Å². The van der Waals surface area contributed by atoms with Crippen molar-refractivity contribution >= 4 is 40.7 Å². The maximum Gasteiger partial charge on any atom is 0.323 e. The number of nitrogens with zero attached hydrogens (tertiary/aromatic N) is 1. The summed E-state index contributed by atoms with van der Waals surface area (Å²) in [6, 6.07) is 16.1. The van der Waals surface area contributed by atoms with Crippen LogP contribution in [0.2, 0.25) is 0 Å². The van der Waals surface area contributed by atoms with Crippen LogP contribution in [0.1, 0.15) is 29.2 Å². The number of nitrogens with one attached hydrogen (secondary N) is 3. The van der Waals surface area contributed by atoms with Crippen LogP contribution >= 0.6 is 11.3 Å². The number of anilines is 2. The molecule has 29 heavy (non-hydrogen) atoms. The number of carbonyl (C=O) groups is 2. The molecular weight excluding hydrogens is 384 g/mol. The van der Waals surface area contributed by atoms with Crippen LogP contribution in [0.25, 0.3) is 6.08 Å². The molecule has 2 aromatic carbocycles. The molecule has 1 unspecified atom stereocenters. The molecule has 148 valence electrons. The van der Waals surface area contributed by atoms with Crippen LogP contribution in [0.15, 0.2) is 66.1 Å². The highest BCUT2D eigenvalue weighted by Crippen LogP contribution is 2.17. The van der Waals surface area contributed by atoms with Crippen LogP contribution in [0.5, 0.6) is 0 Å². The van der Waals surface area contributed by atoms with Gasteiger partial charge in [0.05, 0.1) is 16.7 Å². The lowest BCUT2D eigenvalue weighted by Crippen LogP contribution is -2.24. The molecule has 0 saturated heterocycles. The molecule has 1 atom stereocenters. The van der Waals surface area contributed by atoms with Gasteiger partial charge in [-0.2, -0.15) is 0 Å². The van der Waals surface area contributed by atoms with Crippen molar-refractivity contribution in [3.05, 3.63) is 82.3 Å². The number of hydrogen-bond donors (Lipinski definition) is 3. The SMILES string of the molecule is Cc1nc(/C=C/C(=O)NC(C)c2ccc(NC(=O)Nc3ccccc3)cc2)cs1. The van der Waals surface area contributed by atoms with Gasteiger partial charge in [-0.3, -0.25) is 4.79 Å². The van der Waals surface area contributed by atoms with E-state index in [1.807, 2.05) is 61.7 Å². The Morgan fingerprint density at radius 2 is 1.66 bits per heavy atom. The summed E-state index contributed by atoms with van der Waals surface area (Å²) in [4.78, 5) is 28.4. The largest absolute Gasteiger partial charge is 0.346 e. The fraction of sp³-hybridized carbons (Fsp3) is 0.136. The van der Waals surface area contributed by atoms with Gasteiger partial charge in [-0.05, 0) is 49.8 Å². The Morgan fingerprint density at radius 1 is 1.00 bits per heavy atom. The zero-order chi connectivity index (χ0) is 20.6. The summed E-state index contributed by atoms with van der Waals surface area (Å²) in [6.45, 7) is 3.83. The number of benzene rings is 2. The van der Waals surface area contributed by atoms with Gasteiger partial charge in [-0.15, -0.1) is 11.3 Å². The van der Waals surface area contributed by atoms with Crippen LogP contribution in [0, 0.1) is 6.92 Å². The second-order valence-corrected chi connectivity index (χ2v) is 7.48. The summed E-state index contributed by atoms with van der Waals surface area (Å²) < 4.78 is 0. The van der Waals surface area contributed by atoms with E-state index in [0.29, 0.717) is 5.69 Å². The zero-order valence-corrected chi connectivity index (χ0v) is 17.0. The molecule has 3 amide bonds. The van der Waals surface area contributed by atoms with Crippen molar-refractivity contribution in [1.29, 1.82) is 0 Å². The van der Waals surface area contributed by atoms with Gasteiger partial charge in [0.15, 0.2) is 0 Å². The number of amides is 3. The van der Waals surface area contributed by atoms with Gasteiger partial charge in [0.25, 0.3) is 0 Å². The van der Waals surface area contributed by atoms with E-state index in [-0.39, 0.29) is 18.0 Å². The minimum Gasteiger partial charge on any atom is -0.346 e. The average molecular weight is 407 g/mol. The zero-order valence-electron chi connectivity index (χ0n) is 16.2. The van der Waals surface area contributed by atoms with E-state index in [1.54, 1.807) is 29.5 Å². The molecule has 1 aromatic heterocycles. The first-order valence-electron chi connectivity index (χ1n) is 9.13. The molecule has 3 N–H and O–H groups in total. The number of para-hydroxylation sites is 1. The standard InChI is InChI=1S/C22H22N4O2S/c1-15(23-21(27)13-12-20-14-29-16(2)24-20)17-8-10-19(11-9-17)26-22(28)25-18-6-4-3-5-7-18/h3-15H,1-2H3,(H,23,27)(H2,25,26,28)/b13-12+. The summed E-state index contributed by atoms with van der Waals surface area (Å²) in [5.41, 5.74) is 3.10. The highest BCUT2D eigenvalue weighted by atomic mass is 32.1. The van der Waals surface area contributed by atoms with Crippen LogP contribution < -0.4 is 16.0 Å². The molecule has 0 saturated carbocycles. The predicted molar refractivity (Wildman–Crippen MR) is 118 cm³/mol. The van der Waals surface area contributed by atoms with Gasteiger partial charge in [0.1, 0.15) is 0 Å². The van der Waals surface area contributed by atoms with Crippen molar-refractivity contribution in [3.63, 3.8) is 0 Å². The molecule has 0 radical (unpaired) electrons. The fourth-order valence-electron chi connectivity index (χ4n) is 2.63. The van der Waals surface area contributed by atoms with Crippen LogP contribution in [0.3, 0.4) is 0 Å². The first-order valence-corrected chi connectivity index (χ1v) is 10.0. The molecule has 0 fully saturated rings. The molecular formula is C22H22N4O2S. The number of carbonyl (C=O) groups excluding carboxylic acids is 2. The van der Waals surface area contributed by atoms with Gasteiger partial charge in [0, 0.05) is 22.8 Å². The van der Waals surface area contributed by atoms with E-state index < -0.39 is 0 Å². The Balaban J connectivity index is 1.51. The average Bonchev–Trinajstić information content (AvgIpc) is 3.13. The first kappa shape index (κ1) is 20.3. The van der Waals surface area contributed by atoms with Crippen LogP contribution in [0.4, 0.5) is 16.2 Å². The van der Waals surface area contributed by atoms with Gasteiger partial charge >= 0.3 is 6.03 Å². The topological polar surface area (TPSA) is 83.1 Å². The van der Waals surface area contributed by atoms with E-state index in [0.717, 1.165) is 22.0 Å². The summed E-state index contributed by atoms with van der Waals surface area (Å²) in [5, 5.41) is 11.3. The Labute approximate surface area is 173 Å². The van der Waals surface area contributed by atoms with Crippen molar-refractivity contribution < 1.29 is 9.59 Å². The monoisotopic (exact) mass is 406 g/mol. The molecule has 7 heteroatoms. The maximum atomic E-state index is 12.1. The number of rotatable bonds is 6. The molecule has 3 aromatic rings. The molecule has 1 heterocycles. The third kappa shape index (κ3) is 6.29. The van der Waals surface area contributed by atoms with Crippen molar-refractivity contribution in [2.45, 2.75) is 19.9 Å². The second kappa shape index (κ2) is 9.66. The third-order valence-electron chi connectivity index (χ3n) is 4.10. The van der Waals surface area contributed by atoms with E-state index in [2.05, 4.69) is 20.9 Å². The lowest BCUT2D eigenvalue weighted by molar-refractivity contribution is -0.117. The summed E-state index contributed by atoms with van der Waals surface area (Å²) in [5.74, 6) is -0.187. The molecule has 0 spiro atoms. The predicted octanol–water partition coefficient (Wildman–Crippen LogP) is 4.99. The molecule has 6 nitrogen and oxygen atoms in total. The van der Waals surface area contributed by atoms with Crippen LogP contribution in [-0.2, 0) is 4.79 Å². The number of urea groups is 1. The molecule has 3 rings (SSSR count). The Morgan fingerprint density at radius 3 is 2.28 bits per heavy atom. The van der Waals surface area contributed by atoms with Crippen molar-refractivity contribution in [1.82, 2.24) is 10.3 Å². The Kier molecular flexibility index (Phi) is 6.76. The number of aromatic nitrogens is 1. The van der Waals surface area contributed by atoms with Crippen molar-refractivity contribution in [3.8, 4) is 0 Å². The van der Waals surface area contributed by atoms with E-state index in [1.165, 1.54) is 6.08 Å². The quantitative estimate of drug-likeness (QED) is 0.505. The molecule has 0 bridgehead atoms. The molecule has 0 aliphatic carbocycles. The highest BCUT2D eigenvalue weighted by molar-refractivity contribution is 7.09. The lowest BCUT2D eigenvalue weighted by Gasteiger charge is -2.14. The second-order valence-electron chi connectivity index (χ2n) is 6.42. The van der Waals surface area contributed by atoms with E-state index in [9.17, 15) is 9.59 Å². The third-order valence-corrected chi connectivity index (χ3v) is 4.89. The smallest absolute Gasteiger partial charge is 0.323 e.